The number of fused-ring (bicyclic) bond motifs is 1. The lowest BCUT2D eigenvalue weighted by Crippen LogP contribution is -2.30. The Morgan fingerprint density at radius 1 is 1.19 bits per heavy atom. The minimum absolute atomic E-state index is 0.0302. The average Bonchev–Trinajstić information content (AvgIpc) is 3.24. The van der Waals surface area contributed by atoms with Crippen LogP contribution in [-0.4, -0.2) is 41.0 Å². The summed E-state index contributed by atoms with van der Waals surface area (Å²) in [6.07, 6.45) is 1.85. The second-order valence-corrected chi connectivity index (χ2v) is 8.66. The van der Waals surface area contributed by atoms with E-state index in [1.54, 1.807) is 7.11 Å². The van der Waals surface area contributed by atoms with Gasteiger partial charge in [-0.15, -0.1) is 0 Å². The number of hydrogen-bond acceptors (Lipinski definition) is 6. The second-order valence-electron chi connectivity index (χ2n) is 7.35. The molecule has 0 aliphatic carbocycles. The first-order valence-corrected chi connectivity index (χ1v) is 11.5. The Bertz CT molecular complexity index is 1080. The lowest BCUT2D eigenvalue weighted by molar-refractivity contribution is -0.120. The summed E-state index contributed by atoms with van der Waals surface area (Å²) in [4.78, 5) is 17.3. The molecule has 1 atom stereocenters. The number of rotatable bonds is 8. The molecule has 0 saturated heterocycles. The van der Waals surface area contributed by atoms with Gasteiger partial charge in [-0.25, -0.2) is 4.98 Å². The van der Waals surface area contributed by atoms with Gasteiger partial charge < -0.3 is 24.1 Å². The number of methoxy groups -OCH3 is 1. The summed E-state index contributed by atoms with van der Waals surface area (Å²) in [5, 5.41) is 3.52. The molecule has 1 amide bonds. The van der Waals surface area contributed by atoms with Gasteiger partial charge in [-0.05, 0) is 49.7 Å². The molecule has 2 aromatic carbocycles. The molecule has 1 aliphatic heterocycles. The smallest absolute Gasteiger partial charge is 0.233 e. The van der Waals surface area contributed by atoms with Gasteiger partial charge in [0.1, 0.15) is 19.0 Å². The van der Waals surface area contributed by atoms with Gasteiger partial charge in [-0.1, -0.05) is 23.9 Å². The molecule has 1 aliphatic rings. The maximum absolute atomic E-state index is 12.7. The lowest BCUT2D eigenvalue weighted by atomic mass is 10.1. The highest BCUT2D eigenvalue weighted by Crippen LogP contribution is 2.36. The van der Waals surface area contributed by atoms with E-state index in [1.165, 1.54) is 11.8 Å². The summed E-state index contributed by atoms with van der Waals surface area (Å²) in [6.45, 7) is 6.30. The van der Waals surface area contributed by atoms with Crippen LogP contribution >= 0.6 is 11.8 Å². The Hall–Kier alpha value is -3.13. The van der Waals surface area contributed by atoms with Crippen LogP contribution in [0.25, 0.3) is 11.3 Å². The van der Waals surface area contributed by atoms with Gasteiger partial charge in [0.05, 0.1) is 24.3 Å². The van der Waals surface area contributed by atoms with Gasteiger partial charge in [0.15, 0.2) is 16.7 Å². The van der Waals surface area contributed by atoms with Gasteiger partial charge in [0, 0.05) is 18.7 Å². The number of hydrogen-bond donors (Lipinski definition) is 1. The zero-order valence-electron chi connectivity index (χ0n) is 18.5. The highest BCUT2D eigenvalue weighted by Gasteiger charge is 2.20. The van der Waals surface area contributed by atoms with Crippen molar-refractivity contribution < 1.29 is 19.0 Å². The predicted octanol–water partition coefficient (Wildman–Crippen LogP) is 4.15. The molecule has 1 unspecified atom stereocenters. The van der Waals surface area contributed by atoms with Gasteiger partial charge in [-0.3, -0.25) is 4.79 Å². The average molecular weight is 454 g/mol. The Morgan fingerprint density at radius 2 is 1.94 bits per heavy atom. The molecular weight excluding hydrogens is 426 g/mol. The van der Waals surface area contributed by atoms with E-state index in [0.717, 1.165) is 45.8 Å². The van der Waals surface area contributed by atoms with E-state index in [4.69, 9.17) is 14.2 Å². The van der Waals surface area contributed by atoms with Crippen molar-refractivity contribution in [1.29, 1.82) is 0 Å². The van der Waals surface area contributed by atoms with Gasteiger partial charge in [0.25, 0.3) is 0 Å². The maximum atomic E-state index is 12.7. The molecule has 1 N–H and O–H groups in total. The van der Waals surface area contributed by atoms with Crippen LogP contribution in [0.5, 0.6) is 17.2 Å². The van der Waals surface area contributed by atoms with Crippen LogP contribution in [0.3, 0.4) is 0 Å². The third kappa shape index (κ3) is 4.85. The number of aromatic nitrogens is 2. The van der Waals surface area contributed by atoms with E-state index >= 15 is 0 Å². The topological polar surface area (TPSA) is 74.6 Å². The summed E-state index contributed by atoms with van der Waals surface area (Å²) < 4.78 is 18.6. The molecule has 3 aromatic rings. The summed E-state index contributed by atoms with van der Waals surface area (Å²) >= 11 is 1.45. The lowest BCUT2D eigenvalue weighted by Gasteiger charge is -2.19. The van der Waals surface area contributed by atoms with Crippen LogP contribution < -0.4 is 19.5 Å². The van der Waals surface area contributed by atoms with Gasteiger partial charge in [0.2, 0.25) is 5.91 Å². The van der Waals surface area contributed by atoms with E-state index in [2.05, 4.69) is 21.8 Å². The number of imidazole rings is 1. The molecule has 168 valence electrons. The van der Waals surface area contributed by atoms with E-state index in [-0.39, 0.29) is 11.2 Å². The molecule has 1 aromatic heterocycles. The molecule has 0 bridgehead atoms. The number of nitrogens with zero attached hydrogens (tertiary/aromatic N) is 2. The van der Waals surface area contributed by atoms with Crippen molar-refractivity contribution in [3.05, 3.63) is 54.2 Å². The highest BCUT2D eigenvalue weighted by atomic mass is 32.2. The maximum Gasteiger partial charge on any atom is 0.233 e. The standard InChI is InChI=1S/C24H27N3O4S/c1-4-27-20(18-7-10-21-22(13-18)31-12-11-30-21)15-26-24(27)32-16(2)23(28)25-14-17-5-8-19(29-3)9-6-17/h5-10,13,15-16H,4,11-12,14H2,1-3H3,(H,25,28). The summed E-state index contributed by atoms with van der Waals surface area (Å²) in [5.74, 6) is 2.28. The zero-order valence-corrected chi connectivity index (χ0v) is 19.3. The molecule has 4 rings (SSSR count). The molecule has 0 fully saturated rings. The van der Waals surface area contributed by atoms with Crippen LogP contribution in [0.1, 0.15) is 19.4 Å². The van der Waals surface area contributed by atoms with Crippen LogP contribution in [0.2, 0.25) is 0 Å². The summed E-state index contributed by atoms with van der Waals surface area (Å²) in [5.41, 5.74) is 3.01. The largest absolute Gasteiger partial charge is 0.497 e. The first kappa shape index (κ1) is 22.1. The Balaban J connectivity index is 1.42. The third-order valence-electron chi connectivity index (χ3n) is 5.25. The van der Waals surface area contributed by atoms with E-state index in [9.17, 15) is 4.79 Å². The molecule has 0 spiro atoms. The molecule has 2 heterocycles. The normalized spacial score (nSPS) is 13.5. The van der Waals surface area contributed by atoms with Crippen molar-refractivity contribution >= 4 is 17.7 Å². The van der Waals surface area contributed by atoms with Crippen molar-refractivity contribution in [2.75, 3.05) is 20.3 Å². The Labute approximate surface area is 192 Å². The predicted molar refractivity (Wildman–Crippen MR) is 124 cm³/mol. The Morgan fingerprint density at radius 3 is 2.66 bits per heavy atom. The molecule has 0 radical (unpaired) electrons. The number of thioether (sulfide) groups is 1. The number of ether oxygens (including phenoxy) is 3. The molecule has 7 nitrogen and oxygen atoms in total. The van der Waals surface area contributed by atoms with Crippen LogP contribution in [0.15, 0.2) is 53.8 Å². The van der Waals surface area contributed by atoms with Crippen molar-refractivity contribution in [3.63, 3.8) is 0 Å². The number of nitrogens with one attached hydrogen (secondary N) is 1. The van der Waals surface area contributed by atoms with Crippen LogP contribution in [-0.2, 0) is 17.9 Å². The summed E-state index contributed by atoms with van der Waals surface area (Å²) in [6, 6.07) is 13.6. The number of carbonyl (C=O) groups excluding carboxylic acids is 1. The fourth-order valence-electron chi connectivity index (χ4n) is 3.48. The van der Waals surface area contributed by atoms with Crippen LogP contribution in [0, 0.1) is 0 Å². The SMILES string of the molecule is CCn1c(-c2ccc3c(c2)OCCO3)cnc1SC(C)C(=O)NCc1ccc(OC)cc1. The first-order chi connectivity index (χ1) is 15.6. The van der Waals surface area contributed by atoms with E-state index in [0.29, 0.717) is 19.8 Å². The zero-order chi connectivity index (χ0) is 22.5. The first-order valence-electron chi connectivity index (χ1n) is 10.6. The van der Waals surface area contributed by atoms with E-state index < -0.39 is 0 Å². The second kappa shape index (κ2) is 9.99. The Kier molecular flexibility index (Phi) is 6.90. The van der Waals surface area contributed by atoms with E-state index in [1.807, 2.05) is 55.6 Å². The number of carbonyl (C=O) groups is 1. The van der Waals surface area contributed by atoms with Crippen molar-refractivity contribution in [3.8, 4) is 28.5 Å². The quantitative estimate of drug-likeness (QED) is 0.517. The van der Waals surface area contributed by atoms with Crippen LogP contribution in [0.4, 0.5) is 0 Å². The molecule has 0 saturated carbocycles. The third-order valence-corrected chi connectivity index (χ3v) is 6.35. The monoisotopic (exact) mass is 453 g/mol. The van der Waals surface area contributed by atoms with Crippen molar-refractivity contribution in [1.82, 2.24) is 14.9 Å². The summed E-state index contributed by atoms with van der Waals surface area (Å²) in [7, 11) is 1.63. The van der Waals surface area contributed by atoms with Crippen molar-refractivity contribution in [2.24, 2.45) is 0 Å². The highest BCUT2D eigenvalue weighted by molar-refractivity contribution is 8.00. The minimum Gasteiger partial charge on any atom is -0.497 e. The fraction of sp³-hybridized carbons (Fsp3) is 0.333. The number of benzene rings is 2. The van der Waals surface area contributed by atoms with Gasteiger partial charge >= 0.3 is 0 Å². The van der Waals surface area contributed by atoms with Crippen molar-refractivity contribution in [2.45, 2.75) is 37.3 Å². The van der Waals surface area contributed by atoms with Gasteiger partial charge in [-0.2, -0.15) is 0 Å². The molecule has 32 heavy (non-hydrogen) atoms. The fourth-order valence-corrected chi connectivity index (χ4v) is 4.45. The molecule has 8 heteroatoms. The minimum atomic E-state index is -0.283. The molecular formula is C24H27N3O4S. The number of amides is 1.